The van der Waals surface area contributed by atoms with E-state index in [4.69, 9.17) is 0 Å². The molecule has 0 amide bonds. The molecular weight excluding hydrogens is 184 g/mol. The van der Waals surface area contributed by atoms with Crippen LogP contribution >= 0.6 is 0 Å². The third kappa shape index (κ3) is 0.926. The maximum absolute atomic E-state index is 11.9. The molecular formula is C14H20O. The third-order valence-corrected chi connectivity index (χ3v) is 5.63. The molecule has 1 heteroatoms. The highest BCUT2D eigenvalue weighted by Gasteiger charge is 2.61. The summed E-state index contributed by atoms with van der Waals surface area (Å²) >= 11 is 0. The van der Waals surface area contributed by atoms with Crippen molar-refractivity contribution >= 4 is 5.78 Å². The van der Waals surface area contributed by atoms with Crippen LogP contribution in [0, 0.1) is 16.7 Å². The van der Waals surface area contributed by atoms with Crippen LogP contribution < -0.4 is 0 Å². The second-order valence-electron chi connectivity index (χ2n) is 6.03. The second-order valence-corrected chi connectivity index (χ2v) is 6.03. The quantitative estimate of drug-likeness (QED) is 0.590. The predicted molar refractivity (Wildman–Crippen MR) is 60.5 cm³/mol. The topological polar surface area (TPSA) is 17.1 Å². The summed E-state index contributed by atoms with van der Waals surface area (Å²) in [6.45, 7) is 4.60. The molecule has 1 unspecified atom stereocenters. The lowest BCUT2D eigenvalue weighted by molar-refractivity contribution is -0.122. The Labute approximate surface area is 91.9 Å². The Morgan fingerprint density at radius 2 is 2.00 bits per heavy atom. The fourth-order valence-corrected chi connectivity index (χ4v) is 4.73. The van der Waals surface area contributed by atoms with E-state index in [2.05, 4.69) is 13.8 Å². The van der Waals surface area contributed by atoms with Gasteiger partial charge in [0.05, 0.1) is 0 Å². The largest absolute Gasteiger partial charge is 0.295 e. The standard InChI is InChI=1S/C14H20O/c1-10-12(15)9-11-5-8-13(2)6-3-4-7-14(10,11)13/h9-10H,3-8H2,1-2H3/t10?,13-,14-/m1/s1. The molecule has 0 N–H and O–H groups in total. The summed E-state index contributed by atoms with van der Waals surface area (Å²) in [6, 6.07) is 0. The fourth-order valence-electron chi connectivity index (χ4n) is 4.73. The third-order valence-electron chi connectivity index (χ3n) is 5.63. The van der Waals surface area contributed by atoms with Crippen LogP contribution in [0.5, 0.6) is 0 Å². The summed E-state index contributed by atoms with van der Waals surface area (Å²) in [4.78, 5) is 11.9. The van der Waals surface area contributed by atoms with E-state index in [1.807, 2.05) is 6.08 Å². The molecule has 0 heterocycles. The zero-order valence-corrected chi connectivity index (χ0v) is 9.81. The molecule has 82 valence electrons. The van der Waals surface area contributed by atoms with Crippen LogP contribution in [-0.2, 0) is 4.79 Å². The highest BCUT2D eigenvalue weighted by molar-refractivity contribution is 5.96. The number of rotatable bonds is 0. The molecule has 3 rings (SSSR count). The van der Waals surface area contributed by atoms with Gasteiger partial charge in [-0.25, -0.2) is 0 Å². The van der Waals surface area contributed by atoms with Gasteiger partial charge >= 0.3 is 0 Å². The lowest BCUT2D eigenvalue weighted by atomic mass is 9.54. The van der Waals surface area contributed by atoms with Crippen molar-refractivity contribution in [3.05, 3.63) is 11.6 Å². The maximum atomic E-state index is 11.9. The van der Waals surface area contributed by atoms with Crippen molar-refractivity contribution in [2.24, 2.45) is 16.7 Å². The molecule has 0 aromatic carbocycles. The normalized spacial score (nSPS) is 48.8. The number of carbonyl (C=O) groups is 1. The lowest BCUT2D eigenvalue weighted by Crippen LogP contribution is -2.43. The molecule has 1 nitrogen and oxygen atoms in total. The monoisotopic (exact) mass is 204 g/mol. The first kappa shape index (κ1) is 9.62. The van der Waals surface area contributed by atoms with Crippen LogP contribution in [0.25, 0.3) is 0 Å². The zero-order chi connectivity index (χ0) is 10.7. The molecule has 0 aromatic heterocycles. The number of hydrogen-bond acceptors (Lipinski definition) is 1. The van der Waals surface area contributed by atoms with Gasteiger partial charge < -0.3 is 0 Å². The molecule has 3 atom stereocenters. The molecule has 1 spiro atoms. The second kappa shape index (κ2) is 2.75. The molecule has 3 aliphatic rings. The number of carbonyl (C=O) groups excluding carboxylic acids is 1. The van der Waals surface area contributed by atoms with Gasteiger partial charge in [0.15, 0.2) is 5.78 Å². The lowest BCUT2D eigenvalue weighted by Gasteiger charge is -2.49. The molecule has 2 saturated carbocycles. The Bertz CT molecular complexity index is 354. The first-order chi connectivity index (χ1) is 7.10. The van der Waals surface area contributed by atoms with Gasteiger partial charge in [0.2, 0.25) is 0 Å². The van der Waals surface area contributed by atoms with Crippen molar-refractivity contribution in [2.75, 3.05) is 0 Å². The van der Waals surface area contributed by atoms with Crippen LogP contribution in [0.15, 0.2) is 11.6 Å². The SMILES string of the molecule is CC1C(=O)C=C2CC[C@@]3(C)CCCC[C@]213. The van der Waals surface area contributed by atoms with Crippen molar-refractivity contribution in [3.8, 4) is 0 Å². The van der Waals surface area contributed by atoms with Crippen molar-refractivity contribution in [2.45, 2.75) is 52.4 Å². The number of allylic oxidation sites excluding steroid dienone is 2. The number of hydrogen-bond donors (Lipinski definition) is 0. The van der Waals surface area contributed by atoms with E-state index in [1.165, 1.54) is 44.1 Å². The van der Waals surface area contributed by atoms with E-state index in [0.717, 1.165) is 0 Å². The highest BCUT2D eigenvalue weighted by atomic mass is 16.1. The van der Waals surface area contributed by atoms with Gasteiger partial charge in [0.25, 0.3) is 0 Å². The van der Waals surface area contributed by atoms with Gasteiger partial charge in [0, 0.05) is 11.3 Å². The zero-order valence-electron chi connectivity index (χ0n) is 9.81. The minimum atomic E-state index is 0.264. The van der Waals surface area contributed by atoms with Crippen molar-refractivity contribution in [1.29, 1.82) is 0 Å². The van der Waals surface area contributed by atoms with Crippen LogP contribution in [0.1, 0.15) is 52.4 Å². The van der Waals surface area contributed by atoms with Gasteiger partial charge in [-0.1, -0.05) is 32.3 Å². The summed E-state index contributed by atoms with van der Waals surface area (Å²) < 4.78 is 0. The Balaban J connectivity index is 2.14. The Morgan fingerprint density at radius 1 is 1.27 bits per heavy atom. The molecule has 0 radical (unpaired) electrons. The van der Waals surface area contributed by atoms with Gasteiger partial charge in [-0.15, -0.1) is 0 Å². The maximum Gasteiger partial charge on any atom is 0.159 e. The summed E-state index contributed by atoms with van der Waals surface area (Å²) in [5.41, 5.74) is 2.22. The molecule has 15 heavy (non-hydrogen) atoms. The van der Waals surface area contributed by atoms with Gasteiger partial charge in [0.1, 0.15) is 0 Å². The molecule has 2 fully saturated rings. The van der Waals surface area contributed by atoms with E-state index in [-0.39, 0.29) is 11.3 Å². The summed E-state index contributed by atoms with van der Waals surface area (Å²) in [6.07, 6.45) is 9.78. The van der Waals surface area contributed by atoms with Crippen molar-refractivity contribution in [1.82, 2.24) is 0 Å². The van der Waals surface area contributed by atoms with Gasteiger partial charge in [-0.3, -0.25) is 4.79 Å². The Morgan fingerprint density at radius 3 is 2.80 bits per heavy atom. The molecule has 0 saturated heterocycles. The van der Waals surface area contributed by atoms with Crippen LogP contribution in [0.2, 0.25) is 0 Å². The minimum absolute atomic E-state index is 0.264. The first-order valence-electron chi connectivity index (χ1n) is 6.35. The Kier molecular flexibility index (Phi) is 1.76. The number of ketones is 1. The van der Waals surface area contributed by atoms with Crippen LogP contribution in [0.4, 0.5) is 0 Å². The van der Waals surface area contributed by atoms with Gasteiger partial charge in [-0.2, -0.15) is 0 Å². The minimum Gasteiger partial charge on any atom is -0.295 e. The predicted octanol–water partition coefficient (Wildman–Crippen LogP) is 3.49. The molecule has 0 aliphatic heterocycles. The first-order valence-corrected chi connectivity index (χ1v) is 6.35. The molecule has 0 bridgehead atoms. The molecule has 3 aliphatic carbocycles. The van der Waals surface area contributed by atoms with Crippen molar-refractivity contribution in [3.63, 3.8) is 0 Å². The summed E-state index contributed by atoms with van der Waals surface area (Å²) in [7, 11) is 0. The Hall–Kier alpha value is -0.590. The average molecular weight is 204 g/mol. The van der Waals surface area contributed by atoms with E-state index < -0.39 is 0 Å². The van der Waals surface area contributed by atoms with E-state index in [1.54, 1.807) is 0 Å². The average Bonchev–Trinajstić information content (AvgIpc) is 2.63. The smallest absolute Gasteiger partial charge is 0.159 e. The van der Waals surface area contributed by atoms with E-state index in [0.29, 0.717) is 11.2 Å². The van der Waals surface area contributed by atoms with E-state index >= 15 is 0 Å². The summed E-state index contributed by atoms with van der Waals surface area (Å²) in [5.74, 6) is 0.665. The molecule has 0 aromatic rings. The van der Waals surface area contributed by atoms with Crippen molar-refractivity contribution < 1.29 is 4.79 Å². The highest BCUT2D eigenvalue weighted by Crippen LogP contribution is 2.68. The van der Waals surface area contributed by atoms with Crippen LogP contribution in [-0.4, -0.2) is 5.78 Å². The van der Waals surface area contributed by atoms with Crippen LogP contribution in [0.3, 0.4) is 0 Å². The van der Waals surface area contributed by atoms with Gasteiger partial charge in [-0.05, 0) is 37.2 Å². The fraction of sp³-hybridized carbons (Fsp3) is 0.786. The van der Waals surface area contributed by atoms with E-state index in [9.17, 15) is 4.79 Å². The summed E-state index contributed by atoms with van der Waals surface area (Å²) in [5, 5.41) is 0.